The largest absolute Gasteiger partial charge is 0.235 e. The van der Waals surface area contributed by atoms with E-state index in [1.54, 1.807) is 6.08 Å². The van der Waals surface area contributed by atoms with Gasteiger partial charge in [-0.15, -0.1) is 0 Å². The van der Waals surface area contributed by atoms with Gasteiger partial charge in [0.15, 0.2) is 0 Å². The first kappa shape index (κ1) is 6.11. The van der Waals surface area contributed by atoms with Gasteiger partial charge in [-0.25, -0.2) is 9.79 Å². The van der Waals surface area contributed by atoms with Gasteiger partial charge in [-0.2, -0.15) is 0 Å². The van der Waals surface area contributed by atoms with Crippen LogP contribution in [-0.2, 0) is 4.79 Å². The lowest BCUT2D eigenvalue weighted by Crippen LogP contribution is -1.97. The molecule has 1 atom stereocenters. The maximum absolute atomic E-state index is 9.90. The molecule has 0 aromatic rings. The Bertz CT molecular complexity index is 187. The minimum absolute atomic E-state index is 0.354. The van der Waals surface area contributed by atoms with Crippen LogP contribution in [0.25, 0.3) is 0 Å². The molecule has 2 fully saturated rings. The first-order valence-corrected chi connectivity index (χ1v) is 3.94. The zero-order valence-corrected chi connectivity index (χ0v) is 5.97. The van der Waals surface area contributed by atoms with Crippen LogP contribution in [0, 0.1) is 5.41 Å². The van der Waals surface area contributed by atoms with Gasteiger partial charge in [0.1, 0.15) is 0 Å². The Labute approximate surface area is 60.3 Å². The molecule has 0 bridgehead atoms. The van der Waals surface area contributed by atoms with Crippen LogP contribution in [0.15, 0.2) is 4.99 Å². The summed E-state index contributed by atoms with van der Waals surface area (Å²) in [5.74, 6) is 0. The van der Waals surface area contributed by atoms with Gasteiger partial charge in [0.2, 0.25) is 6.08 Å². The molecule has 0 radical (unpaired) electrons. The molecule has 2 nitrogen and oxygen atoms in total. The van der Waals surface area contributed by atoms with Crippen molar-refractivity contribution in [1.29, 1.82) is 0 Å². The van der Waals surface area contributed by atoms with Crippen LogP contribution in [0.3, 0.4) is 0 Å². The zero-order valence-electron chi connectivity index (χ0n) is 5.97. The third kappa shape index (κ3) is 0.723. The highest BCUT2D eigenvalue weighted by Crippen LogP contribution is 2.59. The summed E-state index contributed by atoms with van der Waals surface area (Å²) >= 11 is 0. The van der Waals surface area contributed by atoms with Crippen molar-refractivity contribution in [3.8, 4) is 0 Å². The van der Waals surface area contributed by atoms with Gasteiger partial charge in [-0.3, -0.25) is 0 Å². The maximum atomic E-state index is 9.90. The second kappa shape index (κ2) is 1.93. The highest BCUT2D eigenvalue weighted by atomic mass is 16.1. The summed E-state index contributed by atoms with van der Waals surface area (Å²) in [7, 11) is 0. The molecule has 2 saturated carbocycles. The monoisotopic (exact) mass is 137 g/mol. The van der Waals surface area contributed by atoms with Crippen molar-refractivity contribution in [3.63, 3.8) is 0 Å². The zero-order chi connectivity index (χ0) is 7.03. The first-order valence-electron chi connectivity index (χ1n) is 3.94. The SMILES string of the molecule is O=C=NC1CC12CCCC2. The number of rotatable bonds is 1. The van der Waals surface area contributed by atoms with Crippen LogP contribution >= 0.6 is 0 Å². The third-order valence-corrected chi connectivity index (χ3v) is 2.95. The Balaban J connectivity index is 2.03. The van der Waals surface area contributed by atoms with Gasteiger partial charge in [-0.1, -0.05) is 12.8 Å². The fourth-order valence-electron chi connectivity index (χ4n) is 2.19. The van der Waals surface area contributed by atoms with E-state index in [0.29, 0.717) is 11.5 Å². The minimum Gasteiger partial charge on any atom is -0.211 e. The highest BCUT2D eigenvalue weighted by Gasteiger charge is 2.55. The molecule has 2 aliphatic carbocycles. The highest BCUT2D eigenvalue weighted by molar-refractivity contribution is 5.36. The van der Waals surface area contributed by atoms with Crippen molar-refractivity contribution < 1.29 is 4.79 Å². The van der Waals surface area contributed by atoms with Gasteiger partial charge in [0.05, 0.1) is 6.04 Å². The predicted octanol–water partition coefficient (Wildman–Crippen LogP) is 1.65. The van der Waals surface area contributed by atoms with Crippen molar-refractivity contribution >= 4 is 6.08 Å². The van der Waals surface area contributed by atoms with Gasteiger partial charge in [0.25, 0.3) is 0 Å². The molecule has 54 valence electrons. The van der Waals surface area contributed by atoms with Crippen LogP contribution in [0.5, 0.6) is 0 Å². The Morgan fingerprint density at radius 2 is 2.10 bits per heavy atom. The fourth-order valence-corrected chi connectivity index (χ4v) is 2.19. The number of hydrogen-bond acceptors (Lipinski definition) is 2. The number of nitrogens with zero attached hydrogens (tertiary/aromatic N) is 1. The van der Waals surface area contributed by atoms with Crippen LogP contribution in [-0.4, -0.2) is 12.1 Å². The quantitative estimate of drug-likeness (QED) is 0.399. The van der Waals surface area contributed by atoms with Crippen LogP contribution in [0.4, 0.5) is 0 Å². The van der Waals surface area contributed by atoms with Crippen molar-refractivity contribution in [1.82, 2.24) is 0 Å². The molecule has 2 aliphatic rings. The Hall–Kier alpha value is -0.620. The van der Waals surface area contributed by atoms with Crippen LogP contribution in [0.1, 0.15) is 32.1 Å². The summed E-state index contributed by atoms with van der Waals surface area (Å²) in [5, 5.41) is 0. The molecule has 2 heteroatoms. The van der Waals surface area contributed by atoms with Gasteiger partial charge in [0, 0.05) is 0 Å². The van der Waals surface area contributed by atoms with Gasteiger partial charge >= 0.3 is 0 Å². The van der Waals surface area contributed by atoms with Crippen molar-refractivity contribution in [3.05, 3.63) is 0 Å². The summed E-state index contributed by atoms with van der Waals surface area (Å²) in [6.07, 6.45) is 8.08. The number of isocyanates is 1. The molecule has 10 heavy (non-hydrogen) atoms. The molecule has 0 heterocycles. The molecule has 0 saturated heterocycles. The van der Waals surface area contributed by atoms with Crippen molar-refractivity contribution in [2.45, 2.75) is 38.1 Å². The summed E-state index contributed by atoms with van der Waals surface area (Å²) in [6, 6.07) is 0.354. The number of carbonyl (C=O) groups excluding carboxylic acids is 1. The number of hydrogen-bond donors (Lipinski definition) is 0. The van der Waals surface area contributed by atoms with E-state index in [0.717, 1.165) is 6.42 Å². The molecule has 0 aromatic heterocycles. The Kier molecular flexibility index (Phi) is 1.18. The predicted molar refractivity (Wildman–Crippen MR) is 37.4 cm³/mol. The molecule has 2 rings (SSSR count). The van der Waals surface area contributed by atoms with Crippen LogP contribution in [0.2, 0.25) is 0 Å². The molecule has 0 amide bonds. The lowest BCUT2D eigenvalue weighted by atomic mass is 10.1. The van der Waals surface area contributed by atoms with Crippen molar-refractivity contribution in [2.75, 3.05) is 0 Å². The lowest BCUT2D eigenvalue weighted by Gasteiger charge is -2.01. The Morgan fingerprint density at radius 1 is 1.40 bits per heavy atom. The standard InChI is InChI=1S/C8H11NO/c10-6-9-7-5-8(7)3-1-2-4-8/h7H,1-5H2. The normalized spacial score (nSPS) is 33.8. The van der Waals surface area contributed by atoms with E-state index in [1.807, 2.05) is 0 Å². The second-order valence-corrected chi connectivity index (χ2v) is 3.51. The summed E-state index contributed by atoms with van der Waals surface area (Å²) in [5.41, 5.74) is 0.484. The molecular formula is C8H11NO. The molecule has 0 N–H and O–H groups in total. The molecule has 0 aliphatic heterocycles. The van der Waals surface area contributed by atoms with E-state index in [-0.39, 0.29) is 0 Å². The van der Waals surface area contributed by atoms with Crippen molar-refractivity contribution in [2.24, 2.45) is 10.4 Å². The second-order valence-electron chi connectivity index (χ2n) is 3.51. The smallest absolute Gasteiger partial charge is 0.211 e. The third-order valence-electron chi connectivity index (χ3n) is 2.95. The average molecular weight is 137 g/mol. The van der Waals surface area contributed by atoms with E-state index in [2.05, 4.69) is 4.99 Å². The van der Waals surface area contributed by atoms with E-state index in [1.165, 1.54) is 25.7 Å². The van der Waals surface area contributed by atoms with E-state index in [9.17, 15) is 4.79 Å². The van der Waals surface area contributed by atoms with Gasteiger partial charge in [-0.05, 0) is 24.7 Å². The lowest BCUT2D eigenvalue weighted by molar-refractivity contribution is 0.507. The average Bonchev–Trinajstić information content (AvgIpc) is 2.43. The molecular weight excluding hydrogens is 126 g/mol. The van der Waals surface area contributed by atoms with E-state index < -0.39 is 0 Å². The molecule has 1 unspecified atom stereocenters. The topological polar surface area (TPSA) is 29.4 Å². The summed E-state index contributed by atoms with van der Waals surface area (Å²) in [6.45, 7) is 0. The van der Waals surface area contributed by atoms with E-state index >= 15 is 0 Å². The molecule has 1 spiro atoms. The molecule has 0 aromatic carbocycles. The first-order chi connectivity index (χ1) is 4.87. The minimum atomic E-state index is 0.354. The summed E-state index contributed by atoms with van der Waals surface area (Å²) < 4.78 is 0. The fraction of sp³-hybridized carbons (Fsp3) is 0.875. The summed E-state index contributed by atoms with van der Waals surface area (Å²) in [4.78, 5) is 13.7. The Morgan fingerprint density at radius 3 is 2.70 bits per heavy atom. The van der Waals surface area contributed by atoms with Gasteiger partial charge < -0.3 is 0 Å². The number of aliphatic imine (C=N–C) groups is 1. The maximum Gasteiger partial charge on any atom is 0.235 e. The van der Waals surface area contributed by atoms with Crippen LogP contribution < -0.4 is 0 Å². The van der Waals surface area contributed by atoms with E-state index in [4.69, 9.17) is 0 Å².